The van der Waals surface area contributed by atoms with Crippen molar-refractivity contribution in [2.45, 2.75) is 31.0 Å². The van der Waals surface area contributed by atoms with Gasteiger partial charge in [-0.3, -0.25) is 0 Å². The number of hydrogen-bond donors (Lipinski definition) is 1. The van der Waals surface area contributed by atoms with Gasteiger partial charge < -0.3 is 9.67 Å². The van der Waals surface area contributed by atoms with E-state index < -0.39 is 48.0 Å². The minimum atomic E-state index is -4.94. The van der Waals surface area contributed by atoms with E-state index in [9.17, 15) is 31.4 Å². The number of fused-ring (bicyclic) bond motifs is 1. The van der Waals surface area contributed by atoms with Gasteiger partial charge in [-0.15, -0.1) is 0 Å². The molecule has 0 saturated heterocycles. The Morgan fingerprint density at radius 1 is 1.21 bits per heavy atom. The molecule has 1 atom stereocenters. The third-order valence-corrected chi connectivity index (χ3v) is 4.17. The van der Waals surface area contributed by atoms with E-state index in [4.69, 9.17) is 11.6 Å². The lowest BCUT2D eigenvalue weighted by Gasteiger charge is -2.29. The van der Waals surface area contributed by atoms with Crippen LogP contribution < -0.4 is 0 Å². The molecule has 1 aliphatic carbocycles. The lowest BCUT2D eigenvalue weighted by atomic mass is 9.89. The predicted molar refractivity (Wildman–Crippen MR) is 74.0 cm³/mol. The van der Waals surface area contributed by atoms with Gasteiger partial charge in [-0.2, -0.15) is 13.2 Å². The highest BCUT2D eigenvalue weighted by molar-refractivity contribution is 6.30. The van der Waals surface area contributed by atoms with Crippen LogP contribution in [0.25, 0.3) is 5.69 Å². The lowest BCUT2D eigenvalue weighted by molar-refractivity contribution is -0.147. The van der Waals surface area contributed by atoms with Crippen LogP contribution in [-0.4, -0.2) is 15.6 Å². The molecule has 0 unspecified atom stereocenters. The number of rotatable bonds is 1. The fourth-order valence-corrected chi connectivity index (χ4v) is 3.11. The normalized spacial score (nSPS) is 20.1. The second-order valence-electron chi connectivity index (χ2n) is 5.56. The summed E-state index contributed by atoms with van der Waals surface area (Å²) >= 11 is 5.71. The van der Waals surface area contributed by atoms with E-state index in [0.29, 0.717) is 6.20 Å². The molecule has 2 aromatic rings. The first-order chi connectivity index (χ1) is 11.0. The SMILES string of the molecule is O[C@H]1c2c(C(F)(F)F)cn(-c3cc(F)cc(Cl)c3)c2CCC1(F)F. The highest BCUT2D eigenvalue weighted by Crippen LogP contribution is 2.48. The Balaban J connectivity index is 2.27. The van der Waals surface area contributed by atoms with Gasteiger partial charge in [-0.1, -0.05) is 11.6 Å². The van der Waals surface area contributed by atoms with Crippen LogP contribution in [0.4, 0.5) is 26.3 Å². The molecule has 1 heterocycles. The molecule has 1 aromatic heterocycles. The topological polar surface area (TPSA) is 25.2 Å². The molecule has 2 nitrogen and oxygen atoms in total. The van der Waals surface area contributed by atoms with Gasteiger partial charge in [-0.25, -0.2) is 13.2 Å². The molecule has 0 bridgehead atoms. The molecule has 3 rings (SSSR count). The number of nitrogens with zero attached hydrogens (tertiary/aromatic N) is 1. The van der Waals surface area contributed by atoms with E-state index >= 15 is 0 Å². The van der Waals surface area contributed by atoms with Crippen molar-refractivity contribution in [1.82, 2.24) is 4.57 Å². The maximum atomic E-state index is 13.7. The summed E-state index contributed by atoms with van der Waals surface area (Å²) in [6.07, 6.45) is -8.15. The van der Waals surface area contributed by atoms with E-state index in [2.05, 4.69) is 0 Å². The minimum Gasteiger partial charge on any atom is -0.382 e. The van der Waals surface area contributed by atoms with Crippen LogP contribution in [0.1, 0.15) is 29.3 Å². The third-order valence-electron chi connectivity index (χ3n) is 3.95. The molecule has 130 valence electrons. The van der Waals surface area contributed by atoms with E-state index in [1.165, 1.54) is 6.07 Å². The van der Waals surface area contributed by atoms with E-state index in [1.54, 1.807) is 0 Å². The van der Waals surface area contributed by atoms with Crippen LogP contribution >= 0.6 is 11.6 Å². The van der Waals surface area contributed by atoms with Crippen molar-refractivity contribution in [3.05, 3.63) is 52.1 Å². The van der Waals surface area contributed by atoms with Gasteiger partial charge in [0.25, 0.3) is 5.92 Å². The van der Waals surface area contributed by atoms with Gasteiger partial charge in [0.15, 0.2) is 0 Å². The van der Waals surface area contributed by atoms with Crippen LogP contribution in [0.5, 0.6) is 0 Å². The Labute approximate surface area is 137 Å². The number of aliphatic hydroxyl groups excluding tert-OH is 1. The van der Waals surface area contributed by atoms with Crippen LogP contribution in [0, 0.1) is 5.82 Å². The van der Waals surface area contributed by atoms with Gasteiger partial charge >= 0.3 is 6.18 Å². The van der Waals surface area contributed by atoms with Crippen molar-refractivity contribution in [2.75, 3.05) is 0 Å². The molecule has 24 heavy (non-hydrogen) atoms. The zero-order valence-electron chi connectivity index (χ0n) is 11.8. The first-order valence-corrected chi connectivity index (χ1v) is 7.22. The molecule has 1 N–H and O–H groups in total. The van der Waals surface area contributed by atoms with Gasteiger partial charge in [0.2, 0.25) is 0 Å². The summed E-state index contributed by atoms with van der Waals surface area (Å²) in [4.78, 5) is 0. The van der Waals surface area contributed by atoms with Crippen molar-refractivity contribution in [3.63, 3.8) is 0 Å². The van der Waals surface area contributed by atoms with Gasteiger partial charge in [0, 0.05) is 34.6 Å². The lowest BCUT2D eigenvalue weighted by Crippen LogP contribution is -2.33. The second-order valence-corrected chi connectivity index (χ2v) is 6.00. The molecule has 0 saturated carbocycles. The summed E-state index contributed by atoms with van der Waals surface area (Å²) in [7, 11) is 0. The minimum absolute atomic E-state index is 0.0378. The van der Waals surface area contributed by atoms with Crippen LogP contribution in [0.3, 0.4) is 0 Å². The van der Waals surface area contributed by atoms with Gasteiger partial charge in [-0.05, 0) is 24.6 Å². The zero-order chi connectivity index (χ0) is 17.9. The third kappa shape index (κ3) is 2.77. The number of aromatic nitrogens is 1. The number of benzene rings is 1. The zero-order valence-corrected chi connectivity index (χ0v) is 12.6. The molecule has 1 aliphatic rings. The first-order valence-electron chi connectivity index (χ1n) is 6.84. The largest absolute Gasteiger partial charge is 0.418 e. The maximum absolute atomic E-state index is 13.7. The van der Waals surface area contributed by atoms with Crippen LogP contribution in [0.2, 0.25) is 5.02 Å². The average Bonchev–Trinajstić information content (AvgIpc) is 2.82. The van der Waals surface area contributed by atoms with E-state index in [1.807, 2.05) is 0 Å². The van der Waals surface area contributed by atoms with Gasteiger partial charge in [0.1, 0.15) is 11.9 Å². The molecular weight excluding hydrogens is 360 g/mol. The van der Waals surface area contributed by atoms with E-state index in [-0.39, 0.29) is 16.4 Å². The van der Waals surface area contributed by atoms with E-state index in [0.717, 1.165) is 16.7 Å². The average molecular weight is 370 g/mol. The summed E-state index contributed by atoms with van der Waals surface area (Å²) in [5, 5.41) is 9.69. The number of halogens is 7. The highest BCUT2D eigenvalue weighted by Gasteiger charge is 2.50. The van der Waals surface area contributed by atoms with Crippen LogP contribution in [-0.2, 0) is 12.6 Å². The standard InChI is InChI=1S/C15H10ClF6NO/c16-7-3-8(17)5-9(4-7)23-6-10(15(20,21)22)12-11(23)1-2-14(18,19)13(12)24/h3-6,13,24H,1-2H2/t13-/m0/s1. The van der Waals surface area contributed by atoms with Gasteiger partial charge in [0.05, 0.1) is 5.56 Å². The highest BCUT2D eigenvalue weighted by atomic mass is 35.5. The summed E-state index contributed by atoms with van der Waals surface area (Å²) in [5.74, 6) is -4.45. The van der Waals surface area contributed by atoms with Crippen molar-refractivity contribution in [1.29, 1.82) is 0 Å². The molecule has 0 amide bonds. The monoisotopic (exact) mass is 369 g/mol. The fourth-order valence-electron chi connectivity index (χ4n) is 2.89. The fraction of sp³-hybridized carbons (Fsp3) is 0.333. The van der Waals surface area contributed by atoms with Crippen molar-refractivity contribution in [2.24, 2.45) is 0 Å². The maximum Gasteiger partial charge on any atom is 0.418 e. The Morgan fingerprint density at radius 3 is 2.46 bits per heavy atom. The second kappa shape index (κ2) is 5.42. The number of alkyl halides is 5. The Morgan fingerprint density at radius 2 is 1.88 bits per heavy atom. The van der Waals surface area contributed by atoms with Crippen molar-refractivity contribution >= 4 is 11.6 Å². The Bertz CT molecular complexity index is 778. The first kappa shape index (κ1) is 17.2. The Kier molecular flexibility index (Phi) is 3.88. The smallest absolute Gasteiger partial charge is 0.382 e. The number of hydrogen-bond acceptors (Lipinski definition) is 1. The Hall–Kier alpha value is -1.67. The molecule has 0 spiro atoms. The molecule has 9 heteroatoms. The molecule has 0 radical (unpaired) electrons. The van der Waals surface area contributed by atoms with Crippen molar-refractivity contribution in [3.8, 4) is 5.69 Å². The summed E-state index contributed by atoms with van der Waals surface area (Å²) in [6, 6.07) is 3.12. The summed E-state index contributed by atoms with van der Waals surface area (Å²) in [5.41, 5.74) is -2.42. The number of aliphatic hydroxyl groups is 1. The molecule has 0 aliphatic heterocycles. The summed E-state index contributed by atoms with van der Waals surface area (Å²) in [6.45, 7) is 0. The molecule has 0 fully saturated rings. The quantitative estimate of drug-likeness (QED) is 0.710. The van der Waals surface area contributed by atoms with Crippen LogP contribution in [0.15, 0.2) is 24.4 Å². The van der Waals surface area contributed by atoms with Crippen molar-refractivity contribution < 1.29 is 31.4 Å². The molecular formula is C15H10ClF6NO. The molecule has 1 aromatic carbocycles. The summed E-state index contributed by atoms with van der Waals surface area (Å²) < 4.78 is 81.5. The predicted octanol–water partition coefficient (Wildman–Crippen LogP) is 4.90.